The lowest BCUT2D eigenvalue weighted by Crippen LogP contribution is -1.81. The zero-order valence-electron chi connectivity index (χ0n) is 7.94. The van der Waals surface area contributed by atoms with E-state index in [0.717, 1.165) is 28.8 Å². The first kappa shape index (κ1) is 10.5. The number of fused-ring (bicyclic) bond motifs is 1. The van der Waals surface area contributed by atoms with Gasteiger partial charge in [-0.25, -0.2) is 9.97 Å². The first-order chi connectivity index (χ1) is 7.33. The quantitative estimate of drug-likeness (QED) is 0.639. The molecule has 0 aliphatic heterocycles. The highest BCUT2D eigenvalue weighted by atomic mass is 35.5. The van der Waals surface area contributed by atoms with Gasteiger partial charge in [-0.1, -0.05) is 23.8 Å². The van der Waals surface area contributed by atoms with Gasteiger partial charge < -0.3 is 4.98 Å². The summed E-state index contributed by atoms with van der Waals surface area (Å²) in [5, 5.41) is 0.453. The van der Waals surface area contributed by atoms with Crippen LogP contribution in [0.15, 0.2) is 18.6 Å². The molecule has 5 heteroatoms. The molecule has 0 atom stereocenters. The summed E-state index contributed by atoms with van der Waals surface area (Å²) < 4.78 is 0. The number of nitrogens with zero attached hydrogens (tertiary/aromatic N) is 2. The first-order valence-corrected chi connectivity index (χ1v) is 5.59. The average molecular weight is 240 g/mol. The molecular weight excluding hydrogens is 230 g/mol. The van der Waals surface area contributed by atoms with Crippen LogP contribution in [-0.2, 0) is 0 Å². The molecule has 0 saturated carbocycles. The molecule has 78 valence electrons. The molecular formula is C10H10ClN3S. The number of thiol groups is 1. The summed E-state index contributed by atoms with van der Waals surface area (Å²) in [7, 11) is 0. The third kappa shape index (κ3) is 2.16. The van der Waals surface area contributed by atoms with Crippen LogP contribution in [-0.4, -0.2) is 20.7 Å². The maximum Gasteiger partial charge on any atom is 0.156 e. The zero-order valence-corrected chi connectivity index (χ0v) is 9.59. The predicted molar refractivity (Wildman–Crippen MR) is 66.4 cm³/mol. The van der Waals surface area contributed by atoms with E-state index in [4.69, 9.17) is 11.6 Å². The standard InChI is InChI=1S/C10H10ClN3S/c11-10-9-8(13-6-14-10)7(5-12-9)3-1-2-4-15/h1,3,5-6,12,15H,2,4H2. The van der Waals surface area contributed by atoms with Gasteiger partial charge >= 0.3 is 0 Å². The number of rotatable bonds is 3. The highest BCUT2D eigenvalue weighted by Gasteiger charge is 2.05. The molecule has 0 unspecified atom stereocenters. The smallest absolute Gasteiger partial charge is 0.156 e. The van der Waals surface area contributed by atoms with Gasteiger partial charge in [-0.2, -0.15) is 12.6 Å². The fourth-order valence-electron chi connectivity index (χ4n) is 1.34. The molecule has 2 heterocycles. The Bertz CT molecular complexity index is 492. The summed E-state index contributed by atoms with van der Waals surface area (Å²) in [4.78, 5) is 11.1. The Morgan fingerprint density at radius 3 is 3.13 bits per heavy atom. The number of hydrogen-bond donors (Lipinski definition) is 2. The maximum absolute atomic E-state index is 5.91. The van der Waals surface area contributed by atoms with Crippen LogP contribution in [0.5, 0.6) is 0 Å². The van der Waals surface area contributed by atoms with Crippen LogP contribution in [0, 0.1) is 0 Å². The van der Waals surface area contributed by atoms with Gasteiger partial charge in [0.15, 0.2) is 5.15 Å². The number of allylic oxidation sites excluding steroid dienone is 1. The van der Waals surface area contributed by atoms with Gasteiger partial charge in [0.2, 0.25) is 0 Å². The van der Waals surface area contributed by atoms with Crippen LogP contribution in [0.1, 0.15) is 12.0 Å². The second-order valence-electron chi connectivity index (χ2n) is 3.05. The van der Waals surface area contributed by atoms with Crippen molar-refractivity contribution in [1.82, 2.24) is 15.0 Å². The Balaban J connectivity index is 2.41. The predicted octanol–water partition coefficient (Wildman–Crippen LogP) is 2.94. The third-order valence-electron chi connectivity index (χ3n) is 2.04. The van der Waals surface area contributed by atoms with Crippen molar-refractivity contribution in [2.24, 2.45) is 0 Å². The lowest BCUT2D eigenvalue weighted by molar-refractivity contribution is 1.22. The van der Waals surface area contributed by atoms with Crippen LogP contribution < -0.4 is 0 Å². The Morgan fingerprint density at radius 2 is 2.33 bits per heavy atom. The summed E-state index contributed by atoms with van der Waals surface area (Å²) in [6.07, 6.45) is 8.35. The van der Waals surface area contributed by atoms with Gasteiger partial charge in [-0.15, -0.1) is 0 Å². The molecule has 0 amide bonds. The van der Waals surface area contributed by atoms with Gasteiger partial charge in [0.1, 0.15) is 17.4 Å². The molecule has 0 aromatic carbocycles. The molecule has 0 spiro atoms. The van der Waals surface area contributed by atoms with Crippen LogP contribution in [0.2, 0.25) is 5.15 Å². The topological polar surface area (TPSA) is 41.6 Å². The van der Waals surface area contributed by atoms with E-state index in [2.05, 4.69) is 33.7 Å². The Labute approximate surface area is 98.0 Å². The molecule has 0 aliphatic carbocycles. The summed E-state index contributed by atoms with van der Waals surface area (Å²) in [5.74, 6) is 0.842. The fraction of sp³-hybridized carbons (Fsp3) is 0.200. The Hall–Kier alpha value is -1.00. The van der Waals surface area contributed by atoms with Gasteiger partial charge in [0, 0.05) is 11.8 Å². The maximum atomic E-state index is 5.91. The van der Waals surface area contributed by atoms with Crippen molar-refractivity contribution in [3.63, 3.8) is 0 Å². The van der Waals surface area contributed by atoms with E-state index in [0.29, 0.717) is 5.15 Å². The molecule has 1 N–H and O–H groups in total. The van der Waals surface area contributed by atoms with E-state index < -0.39 is 0 Å². The van der Waals surface area contributed by atoms with Crippen LogP contribution in [0.4, 0.5) is 0 Å². The highest BCUT2D eigenvalue weighted by molar-refractivity contribution is 7.80. The molecule has 3 nitrogen and oxygen atoms in total. The van der Waals surface area contributed by atoms with E-state index >= 15 is 0 Å². The van der Waals surface area contributed by atoms with E-state index in [1.54, 1.807) is 0 Å². The van der Waals surface area contributed by atoms with Crippen molar-refractivity contribution in [3.8, 4) is 0 Å². The number of nitrogens with one attached hydrogen (secondary N) is 1. The monoisotopic (exact) mass is 239 g/mol. The fourth-order valence-corrected chi connectivity index (χ4v) is 1.68. The van der Waals surface area contributed by atoms with E-state index in [1.807, 2.05) is 12.3 Å². The molecule has 0 radical (unpaired) electrons. The van der Waals surface area contributed by atoms with Crippen molar-refractivity contribution in [2.45, 2.75) is 6.42 Å². The van der Waals surface area contributed by atoms with Crippen molar-refractivity contribution in [3.05, 3.63) is 29.3 Å². The summed E-state index contributed by atoms with van der Waals surface area (Å²) >= 11 is 10.0. The van der Waals surface area contributed by atoms with E-state index in [-0.39, 0.29) is 0 Å². The van der Waals surface area contributed by atoms with E-state index in [1.165, 1.54) is 6.33 Å². The van der Waals surface area contributed by atoms with Crippen LogP contribution in [0.3, 0.4) is 0 Å². The van der Waals surface area contributed by atoms with Gasteiger partial charge in [0.25, 0.3) is 0 Å². The van der Waals surface area contributed by atoms with E-state index in [9.17, 15) is 0 Å². The zero-order chi connectivity index (χ0) is 10.7. The molecule has 2 rings (SSSR count). The number of H-pyrrole nitrogens is 1. The Morgan fingerprint density at radius 1 is 1.47 bits per heavy atom. The summed E-state index contributed by atoms with van der Waals surface area (Å²) in [6, 6.07) is 0. The van der Waals surface area contributed by atoms with Gasteiger partial charge in [-0.05, 0) is 12.2 Å². The first-order valence-electron chi connectivity index (χ1n) is 4.58. The second kappa shape index (κ2) is 4.68. The van der Waals surface area contributed by atoms with Gasteiger partial charge in [-0.3, -0.25) is 0 Å². The third-order valence-corrected chi connectivity index (χ3v) is 2.58. The average Bonchev–Trinajstić information content (AvgIpc) is 2.64. The normalized spacial score (nSPS) is 11.6. The minimum atomic E-state index is 0.453. The molecule has 15 heavy (non-hydrogen) atoms. The summed E-state index contributed by atoms with van der Waals surface area (Å²) in [6.45, 7) is 0. The number of halogens is 1. The molecule has 0 saturated heterocycles. The van der Waals surface area contributed by atoms with Gasteiger partial charge in [0.05, 0.1) is 0 Å². The Kier molecular flexibility index (Phi) is 3.28. The highest BCUT2D eigenvalue weighted by Crippen LogP contribution is 2.21. The van der Waals surface area contributed by atoms with Crippen LogP contribution in [0.25, 0.3) is 17.1 Å². The molecule has 2 aromatic heterocycles. The minimum absolute atomic E-state index is 0.453. The molecule has 0 aliphatic rings. The lowest BCUT2D eigenvalue weighted by atomic mass is 10.2. The van der Waals surface area contributed by atoms with Crippen molar-refractivity contribution in [2.75, 3.05) is 5.75 Å². The minimum Gasteiger partial charge on any atom is -0.357 e. The van der Waals surface area contributed by atoms with Crippen molar-refractivity contribution < 1.29 is 0 Å². The number of aromatic nitrogens is 3. The molecule has 0 fully saturated rings. The largest absolute Gasteiger partial charge is 0.357 e. The molecule has 0 bridgehead atoms. The SMILES string of the molecule is SCCC=Cc1c[nH]c2c(Cl)ncnc12. The second-order valence-corrected chi connectivity index (χ2v) is 3.85. The summed E-state index contributed by atoms with van der Waals surface area (Å²) in [5.41, 5.74) is 2.66. The van der Waals surface area contributed by atoms with Crippen molar-refractivity contribution in [1.29, 1.82) is 0 Å². The number of hydrogen-bond acceptors (Lipinski definition) is 3. The lowest BCUT2D eigenvalue weighted by Gasteiger charge is -1.92. The van der Waals surface area contributed by atoms with Crippen LogP contribution >= 0.6 is 24.2 Å². The van der Waals surface area contributed by atoms with Crippen molar-refractivity contribution >= 4 is 41.3 Å². The number of aromatic amines is 1. The molecule has 2 aromatic rings.